The third kappa shape index (κ3) is 2.82. The molecule has 3 rings (SSSR count). The van der Waals surface area contributed by atoms with Crippen LogP contribution in [0.1, 0.15) is 23.2 Å². The second kappa shape index (κ2) is 5.77. The molecule has 0 fully saturated rings. The van der Waals surface area contributed by atoms with Crippen molar-refractivity contribution in [1.82, 2.24) is 14.6 Å². The molecular formula is C14H15ClN4O2S2. The molecule has 0 aliphatic rings. The summed E-state index contributed by atoms with van der Waals surface area (Å²) in [6.07, 6.45) is 0.730. The SMILES string of the molecule is CCc1nn2c(S(=O)(=O)Nc3cccc(Cl)c3C)c(C)nc2s1. The maximum absolute atomic E-state index is 12.8. The van der Waals surface area contributed by atoms with Crippen LogP contribution in [-0.4, -0.2) is 23.0 Å². The van der Waals surface area contributed by atoms with Gasteiger partial charge in [-0.15, -0.1) is 0 Å². The molecule has 2 aromatic heterocycles. The van der Waals surface area contributed by atoms with Crippen molar-refractivity contribution in [1.29, 1.82) is 0 Å². The lowest BCUT2D eigenvalue weighted by atomic mass is 10.2. The maximum atomic E-state index is 12.8. The lowest BCUT2D eigenvalue weighted by molar-refractivity contribution is 0.592. The Balaban J connectivity index is 2.11. The lowest BCUT2D eigenvalue weighted by Crippen LogP contribution is -2.17. The first kappa shape index (κ1) is 16.2. The van der Waals surface area contributed by atoms with E-state index in [1.807, 2.05) is 6.92 Å². The maximum Gasteiger partial charge on any atom is 0.281 e. The molecule has 1 aromatic carbocycles. The van der Waals surface area contributed by atoms with Crippen LogP contribution in [0.2, 0.25) is 5.02 Å². The number of benzene rings is 1. The van der Waals surface area contributed by atoms with Crippen LogP contribution >= 0.6 is 22.9 Å². The van der Waals surface area contributed by atoms with E-state index < -0.39 is 10.0 Å². The molecule has 1 N–H and O–H groups in total. The van der Waals surface area contributed by atoms with Gasteiger partial charge in [-0.25, -0.2) is 4.98 Å². The van der Waals surface area contributed by atoms with Crippen molar-refractivity contribution >= 4 is 43.6 Å². The number of fused-ring (bicyclic) bond motifs is 1. The van der Waals surface area contributed by atoms with E-state index in [4.69, 9.17) is 11.6 Å². The number of nitrogens with one attached hydrogen (secondary N) is 1. The molecule has 0 saturated heterocycles. The highest BCUT2D eigenvalue weighted by atomic mass is 35.5. The highest BCUT2D eigenvalue weighted by molar-refractivity contribution is 7.92. The summed E-state index contributed by atoms with van der Waals surface area (Å²) >= 11 is 7.44. The highest BCUT2D eigenvalue weighted by Crippen LogP contribution is 2.28. The fourth-order valence-corrected chi connectivity index (χ4v) is 4.74. The van der Waals surface area contributed by atoms with Gasteiger partial charge in [0.2, 0.25) is 9.99 Å². The molecule has 23 heavy (non-hydrogen) atoms. The van der Waals surface area contributed by atoms with Gasteiger partial charge in [0.15, 0.2) is 0 Å². The molecule has 0 aliphatic carbocycles. The van der Waals surface area contributed by atoms with Gasteiger partial charge in [-0.3, -0.25) is 4.72 Å². The molecule has 9 heteroatoms. The van der Waals surface area contributed by atoms with Crippen molar-refractivity contribution in [2.24, 2.45) is 0 Å². The van der Waals surface area contributed by atoms with Crippen LogP contribution in [0.25, 0.3) is 4.96 Å². The summed E-state index contributed by atoms with van der Waals surface area (Å²) in [6, 6.07) is 5.08. The van der Waals surface area contributed by atoms with Gasteiger partial charge in [0.05, 0.1) is 11.4 Å². The fraction of sp³-hybridized carbons (Fsp3) is 0.286. The van der Waals surface area contributed by atoms with E-state index in [2.05, 4.69) is 14.8 Å². The third-order valence-corrected chi connectivity index (χ3v) is 6.36. The molecule has 2 heterocycles. The van der Waals surface area contributed by atoms with Crippen molar-refractivity contribution in [2.75, 3.05) is 4.72 Å². The highest BCUT2D eigenvalue weighted by Gasteiger charge is 2.26. The Bertz CT molecular complexity index is 992. The van der Waals surface area contributed by atoms with E-state index in [0.717, 1.165) is 11.4 Å². The molecule has 0 bridgehead atoms. The number of rotatable bonds is 4. The topological polar surface area (TPSA) is 76.4 Å². The summed E-state index contributed by atoms with van der Waals surface area (Å²) in [5.41, 5.74) is 1.53. The first-order chi connectivity index (χ1) is 10.8. The number of aromatic nitrogens is 3. The predicted octanol–water partition coefficient (Wildman–Crippen LogP) is 3.42. The first-order valence-electron chi connectivity index (χ1n) is 6.96. The largest absolute Gasteiger partial charge is 0.281 e. The van der Waals surface area contributed by atoms with E-state index in [0.29, 0.717) is 26.9 Å². The molecule has 0 spiro atoms. The Hall–Kier alpha value is -1.64. The summed E-state index contributed by atoms with van der Waals surface area (Å²) in [6.45, 7) is 5.39. The monoisotopic (exact) mass is 370 g/mol. The molecule has 0 radical (unpaired) electrons. The van der Waals surface area contributed by atoms with E-state index in [1.54, 1.807) is 32.0 Å². The molecule has 122 valence electrons. The van der Waals surface area contributed by atoms with Crippen LogP contribution in [0.3, 0.4) is 0 Å². The lowest BCUT2D eigenvalue weighted by Gasteiger charge is -2.11. The number of hydrogen-bond donors (Lipinski definition) is 1. The van der Waals surface area contributed by atoms with Crippen molar-refractivity contribution < 1.29 is 8.42 Å². The minimum absolute atomic E-state index is 0.0582. The summed E-state index contributed by atoms with van der Waals surface area (Å²) in [7, 11) is -3.83. The number of hydrogen-bond acceptors (Lipinski definition) is 5. The number of halogens is 1. The van der Waals surface area contributed by atoms with Crippen molar-refractivity contribution in [2.45, 2.75) is 32.2 Å². The number of aryl methyl sites for hydroxylation is 2. The van der Waals surface area contributed by atoms with E-state index in [9.17, 15) is 8.42 Å². The minimum atomic E-state index is -3.83. The number of anilines is 1. The standard InChI is InChI=1S/C14H15ClN4O2S2/c1-4-12-17-19-13(9(3)16-14(19)22-12)23(20,21)18-11-7-5-6-10(15)8(11)2/h5-7,18H,4H2,1-3H3. The molecular weight excluding hydrogens is 356 g/mol. The van der Waals surface area contributed by atoms with Gasteiger partial charge in [0.1, 0.15) is 5.01 Å². The van der Waals surface area contributed by atoms with Crippen LogP contribution in [0.5, 0.6) is 0 Å². The zero-order chi connectivity index (χ0) is 16.8. The van der Waals surface area contributed by atoms with Crippen molar-refractivity contribution in [3.8, 4) is 0 Å². The van der Waals surface area contributed by atoms with Crippen LogP contribution in [0.4, 0.5) is 5.69 Å². The van der Waals surface area contributed by atoms with Gasteiger partial charge in [-0.05, 0) is 38.0 Å². The van der Waals surface area contributed by atoms with Gasteiger partial charge < -0.3 is 0 Å². The van der Waals surface area contributed by atoms with E-state index in [1.165, 1.54) is 15.9 Å². The van der Waals surface area contributed by atoms with Gasteiger partial charge >= 0.3 is 0 Å². The Morgan fingerprint density at radius 3 is 2.78 bits per heavy atom. The van der Waals surface area contributed by atoms with Gasteiger partial charge in [-0.1, -0.05) is 35.9 Å². The molecule has 3 aromatic rings. The average molecular weight is 371 g/mol. The minimum Gasteiger partial charge on any atom is -0.278 e. The summed E-state index contributed by atoms with van der Waals surface area (Å²) in [5.74, 6) is 0. The molecule has 6 nitrogen and oxygen atoms in total. The second-order valence-corrected chi connectivity index (χ2v) is 8.11. The van der Waals surface area contributed by atoms with Crippen LogP contribution in [-0.2, 0) is 16.4 Å². The number of nitrogens with zero attached hydrogens (tertiary/aromatic N) is 3. The van der Waals surface area contributed by atoms with Gasteiger partial charge in [-0.2, -0.15) is 18.0 Å². The van der Waals surface area contributed by atoms with Crippen molar-refractivity contribution in [3.63, 3.8) is 0 Å². The Morgan fingerprint density at radius 2 is 2.09 bits per heavy atom. The number of sulfonamides is 1. The predicted molar refractivity (Wildman–Crippen MR) is 92.0 cm³/mol. The quantitative estimate of drug-likeness (QED) is 0.763. The fourth-order valence-electron chi connectivity index (χ4n) is 2.23. The molecule has 0 unspecified atom stereocenters. The van der Waals surface area contributed by atoms with Crippen LogP contribution in [0.15, 0.2) is 23.2 Å². The van der Waals surface area contributed by atoms with Crippen LogP contribution in [0, 0.1) is 13.8 Å². The second-order valence-electron chi connectivity index (χ2n) is 5.06. The average Bonchev–Trinajstić information content (AvgIpc) is 2.99. The van der Waals surface area contributed by atoms with E-state index in [-0.39, 0.29) is 5.03 Å². The molecule has 0 aliphatic heterocycles. The van der Waals surface area contributed by atoms with Gasteiger partial charge in [0, 0.05) is 5.02 Å². The Kier molecular flexibility index (Phi) is 4.07. The van der Waals surface area contributed by atoms with Gasteiger partial charge in [0.25, 0.3) is 10.0 Å². The first-order valence-corrected chi connectivity index (χ1v) is 9.64. The zero-order valence-corrected chi connectivity index (χ0v) is 15.2. The summed E-state index contributed by atoms with van der Waals surface area (Å²) in [5, 5.41) is 5.72. The van der Waals surface area contributed by atoms with Crippen LogP contribution < -0.4 is 4.72 Å². The van der Waals surface area contributed by atoms with E-state index >= 15 is 0 Å². The number of imidazole rings is 1. The molecule has 0 atom stereocenters. The smallest absolute Gasteiger partial charge is 0.278 e. The molecule has 0 amide bonds. The summed E-state index contributed by atoms with van der Waals surface area (Å²) < 4.78 is 29.6. The third-order valence-electron chi connectivity index (χ3n) is 3.44. The summed E-state index contributed by atoms with van der Waals surface area (Å²) in [4.78, 5) is 4.88. The zero-order valence-electron chi connectivity index (χ0n) is 12.8. The van der Waals surface area contributed by atoms with Crippen molar-refractivity contribution in [3.05, 3.63) is 39.5 Å². The normalized spacial score (nSPS) is 12.0. The molecule has 0 saturated carbocycles. The Morgan fingerprint density at radius 1 is 1.35 bits per heavy atom. The Labute approximate surface area is 143 Å².